The summed E-state index contributed by atoms with van der Waals surface area (Å²) >= 11 is 0. The summed E-state index contributed by atoms with van der Waals surface area (Å²) in [6.45, 7) is 1.79. The van der Waals surface area contributed by atoms with E-state index in [1.807, 2.05) is 0 Å². The summed E-state index contributed by atoms with van der Waals surface area (Å²) in [5.41, 5.74) is 18.9. The molecule has 12 heteroatoms. The van der Waals surface area contributed by atoms with Gasteiger partial charge in [0.1, 0.15) is 0 Å². The lowest BCUT2D eigenvalue weighted by Crippen LogP contribution is -2.24. The van der Waals surface area contributed by atoms with Gasteiger partial charge in [0.2, 0.25) is 11.9 Å². The van der Waals surface area contributed by atoms with Crippen molar-refractivity contribution in [3.63, 3.8) is 0 Å². The van der Waals surface area contributed by atoms with E-state index in [-0.39, 0.29) is 11.9 Å². The first kappa shape index (κ1) is 15.8. The summed E-state index contributed by atoms with van der Waals surface area (Å²) in [7, 11) is -4.67. The number of anilines is 2. The average Bonchev–Trinajstić information content (AvgIpc) is 2.10. The van der Waals surface area contributed by atoms with Crippen molar-refractivity contribution < 1.29 is 17.5 Å². The van der Waals surface area contributed by atoms with Gasteiger partial charge in [0.05, 0.1) is 0 Å². The van der Waals surface area contributed by atoms with Gasteiger partial charge >= 0.3 is 10.4 Å². The number of aryl methyl sites for hydroxylation is 1. The molecule has 0 aromatic carbocycles. The highest BCUT2D eigenvalue weighted by Crippen LogP contribution is 2.06. The van der Waals surface area contributed by atoms with E-state index < -0.39 is 10.4 Å². The Kier molecular flexibility index (Phi) is 5.74. The number of nitrogens with zero attached hydrogens (tertiary/aromatic N) is 3. The molecule has 0 bridgehead atoms. The Morgan fingerprint density at radius 2 is 1.89 bits per heavy atom. The van der Waals surface area contributed by atoms with Crippen molar-refractivity contribution in [3.05, 3.63) is 11.8 Å². The molecule has 102 valence electrons. The van der Waals surface area contributed by atoms with E-state index in [1.165, 1.54) is 0 Å². The largest absolute Gasteiger partial charge is 0.394 e. The summed E-state index contributed by atoms with van der Waals surface area (Å²) in [6.07, 6.45) is 0. The highest BCUT2D eigenvalue weighted by molar-refractivity contribution is 7.79. The van der Waals surface area contributed by atoms with Crippen molar-refractivity contribution in [1.82, 2.24) is 9.97 Å². The zero-order chi connectivity index (χ0) is 14.3. The van der Waals surface area contributed by atoms with Crippen LogP contribution in [0.4, 0.5) is 11.8 Å². The average molecular weight is 279 g/mol. The smallest absolute Gasteiger partial charge is 0.369 e. The molecule has 18 heavy (non-hydrogen) atoms. The standard InChI is InChI=1S/C6H11N7.H2O4S/c1-3-2-4(11-6(9)10-3)12-13-5(7)8;1-5(2,3)4/h2H,1H3,(H4,7,8,13)(H3,9,10,11,12);(H2,1,2,3,4). The SMILES string of the molecule is Cc1cc(NN=C(N)N)nc(N)n1.O=S(=O)(O)O. The Bertz CT molecular complexity index is 496. The minimum atomic E-state index is -4.67. The number of nitrogen functional groups attached to an aromatic ring is 1. The molecule has 0 aliphatic rings. The maximum atomic E-state index is 8.74. The van der Waals surface area contributed by atoms with Gasteiger partial charge in [-0.3, -0.25) is 14.5 Å². The van der Waals surface area contributed by atoms with Gasteiger partial charge in [-0.15, -0.1) is 5.10 Å². The third-order valence-electron chi connectivity index (χ3n) is 1.17. The molecule has 9 N–H and O–H groups in total. The predicted octanol–water partition coefficient (Wildman–Crippen LogP) is -1.69. The number of rotatable bonds is 2. The van der Waals surface area contributed by atoms with Crippen LogP contribution in [-0.2, 0) is 10.4 Å². The second kappa shape index (κ2) is 6.53. The summed E-state index contributed by atoms with van der Waals surface area (Å²) in [6, 6.07) is 1.67. The second-order valence-corrected chi connectivity index (χ2v) is 3.74. The van der Waals surface area contributed by atoms with E-state index >= 15 is 0 Å². The first-order valence-electron chi connectivity index (χ1n) is 4.23. The number of aromatic nitrogens is 2. The van der Waals surface area contributed by atoms with Gasteiger partial charge in [0.15, 0.2) is 5.82 Å². The topological polar surface area (TPSA) is 203 Å². The summed E-state index contributed by atoms with van der Waals surface area (Å²) < 4.78 is 31.6. The lowest BCUT2D eigenvalue weighted by atomic mass is 10.4. The zero-order valence-electron chi connectivity index (χ0n) is 9.27. The second-order valence-electron chi connectivity index (χ2n) is 2.85. The molecule has 0 aliphatic heterocycles. The fourth-order valence-corrected chi connectivity index (χ4v) is 0.771. The summed E-state index contributed by atoms with van der Waals surface area (Å²) in [4.78, 5) is 7.72. The fourth-order valence-electron chi connectivity index (χ4n) is 0.771. The van der Waals surface area contributed by atoms with Crippen molar-refractivity contribution in [2.45, 2.75) is 6.92 Å². The van der Waals surface area contributed by atoms with Gasteiger partial charge in [-0.05, 0) is 6.92 Å². The zero-order valence-corrected chi connectivity index (χ0v) is 10.1. The van der Waals surface area contributed by atoms with Crippen LogP contribution in [0.5, 0.6) is 0 Å². The van der Waals surface area contributed by atoms with Crippen molar-refractivity contribution in [2.75, 3.05) is 11.2 Å². The molecule has 0 atom stereocenters. The van der Waals surface area contributed by atoms with Crippen LogP contribution in [0.15, 0.2) is 11.2 Å². The van der Waals surface area contributed by atoms with E-state index in [0.29, 0.717) is 5.82 Å². The molecule has 0 aliphatic carbocycles. The van der Waals surface area contributed by atoms with Crippen LogP contribution >= 0.6 is 0 Å². The predicted molar refractivity (Wildman–Crippen MR) is 64.8 cm³/mol. The van der Waals surface area contributed by atoms with Crippen LogP contribution in [0.25, 0.3) is 0 Å². The van der Waals surface area contributed by atoms with Crippen molar-refractivity contribution in [3.8, 4) is 0 Å². The molecule has 0 unspecified atom stereocenters. The van der Waals surface area contributed by atoms with E-state index in [4.69, 9.17) is 34.7 Å². The molecule has 11 nitrogen and oxygen atoms in total. The van der Waals surface area contributed by atoms with Crippen LogP contribution < -0.4 is 22.6 Å². The van der Waals surface area contributed by atoms with Gasteiger partial charge in [-0.1, -0.05) is 0 Å². The van der Waals surface area contributed by atoms with Gasteiger partial charge in [0, 0.05) is 11.8 Å². The van der Waals surface area contributed by atoms with E-state index in [9.17, 15) is 0 Å². The molecule has 1 rings (SSSR count). The molecule has 0 saturated carbocycles. The third-order valence-corrected chi connectivity index (χ3v) is 1.17. The van der Waals surface area contributed by atoms with Crippen LogP contribution in [0.2, 0.25) is 0 Å². The first-order valence-corrected chi connectivity index (χ1v) is 5.63. The number of hydrogen-bond donors (Lipinski definition) is 6. The monoisotopic (exact) mass is 279 g/mol. The normalized spacial score (nSPS) is 9.94. The Morgan fingerprint density at radius 1 is 1.39 bits per heavy atom. The Hall–Kier alpha value is -2.18. The molecule has 1 heterocycles. The Balaban J connectivity index is 0.000000494. The number of nitrogens with one attached hydrogen (secondary N) is 1. The van der Waals surface area contributed by atoms with Crippen LogP contribution in [0.1, 0.15) is 5.69 Å². The van der Waals surface area contributed by atoms with E-state index in [2.05, 4.69) is 20.5 Å². The van der Waals surface area contributed by atoms with E-state index in [0.717, 1.165) is 5.69 Å². The molecule has 1 aromatic heterocycles. The molecular weight excluding hydrogens is 266 g/mol. The molecule has 0 amide bonds. The van der Waals surface area contributed by atoms with Crippen LogP contribution in [-0.4, -0.2) is 33.5 Å². The van der Waals surface area contributed by atoms with Crippen molar-refractivity contribution in [1.29, 1.82) is 0 Å². The molecule has 0 fully saturated rings. The van der Waals surface area contributed by atoms with Crippen molar-refractivity contribution >= 4 is 28.1 Å². The van der Waals surface area contributed by atoms with Gasteiger partial charge in [-0.25, -0.2) is 4.98 Å². The minimum absolute atomic E-state index is 0.0742. The molecular formula is C6H13N7O4S. The Morgan fingerprint density at radius 3 is 2.28 bits per heavy atom. The molecule has 0 saturated heterocycles. The van der Waals surface area contributed by atoms with Gasteiger partial charge < -0.3 is 17.2 Å². The van der Waals surface area contributed by atoms with Crippen LogP contribution in [0.3, 0.4) is 0 Å². The summed E-state index contributed by atoms with van der Waals surface area (Å²) in [5, 5.41) is 3.55. The maximum absolute atomic E-state index is 8.74. The van der Waals surface area contributed by atoms with E-state index in [1.54, 1.807) is 13.0 Å². The third kappa shape index (κ3) is 10.3. The number of nitrogens with two attached hydrogens (primary N) is 3. The molecule has 0 radical (unpaired) electrons. The maximum Gasteiger partial charge on any atom is 0.394 e. The molecule has 0 spiro atoms. The van der Waals surface area contributed by atoms with Crippen LogP contribution in [0, 0.1) is 6.92 Å². The van der Waals surface area contributed by atoms with Crippen molar-refractivity contribution in [2.24, 2.45) is 16.6 Å². The van der Waals surface area contributed by atoms with Gasteiger partial charge in [-0.2, -0.15) is 13.4 Å². The minimum Gasteiger partial charge on any atom is -0.369 e. The number of guanidine groups is 1. The number of hydrazone groups is 1. The molecule has 1 aromatic rings. The fraction of sp³-hybridized carbons (Fsp3) is 0.167. The lowest BCUT2D eigenvalue weighted by molar-refractivity contribution is 0.381. The Labute approximate surface area is 103 Å². The first-order chi connectivity index (χ1) is 8.08. The quantitative estimate of drug-likeness (QED) is 0.157. The number of hydrogen-bond acceptors (Lipinski definition) is 7. The highest BCUT2D eigenvalue weighted by atomic mass is 32.3. The summed E-state index contributed by atoms with van der Waals surface area (Å²) in [5.74, 6) is 0.557. The lowest BCUT2D eigenvalue weighted by Gasteiger charge is -2.01. The van der Waals surface area contributed by atoms with Gasteiger partial charge in [0.25, 0.3) is 0 Å². The highest BCUT2D eigenvalue weighted by Gasteiger charge is 1.96.